The van der Waals surface area contributed by atoms with E-state index >= 15 is 0 Å². The Balaban J connectivity index is 2.06. The average molecular weight is 221 g/mol. The van der Waals surface area contributed by atoms with Gasteiger partial charge in [0.15, 0.2) is 17.7 Å². The van der Waals surface area contributed by atoms with E-state index in [1.54, 1.807) is 6.33 Å². The number of imidazole rings is 1. The minimum Gasteiger partial charge on any atom is -0.382 e. The number of hydrogen-bond acceptors (Lipinski definition) is 6. The molecule has 0 spiro atoms. The van der Waals surface area contributed by atoms with Crippen LogP contribution in [-0.4, -0.2) is 39.3 Å². The minimum atomic E-state index is -0.187. The van der Waals surface area contributed by atoms with Crippen molar-refractivity contribution in [1.82, 2.24) is 19.5 Å². The topological polar surface area (TPSA) is 88.1 Å². The highest BCUT2D eigenvalue weighted by atomic mass is 16.6. The van der Waals surface area contributed by atoms with Crippen LogP contribution in [0.5, 0.6) is 0 Å². The zero-order valence-electron chi connectivity index (χ0n) is 8.54. The summed E-state index contributed by atoms with van der Waals surface area (Å²) in [5.74, 6) is 0.375. The predicted molar refractivity (Wildman–Crippen MR) is 55.5 cm³/mol. The quantitative estimate of drug-likeness (QED) is 0.726. The summed E-state index contributed by atoms with van der Waals surface area (Å²) < 4.78 is 12.7. The average Bonchev–Trinajstić information content (AvgIpc) is 2.75. The summed E-state index contributed by atoms with van der Waals surface area (Å²) >= 11 is 0. The molecule has 7 heteroatoms. The molecule has 3 rings (SSSR count). The standard InChI is InChI=1S/C9H11N5O2/c10-8-7-9(12-4-11-8)14(5-13-7)6-3-15-1-2-16-6/h4-6H,1-3H2,(H2,10,11,12). The summed E-state index contributed by atoms with van der Waals surface area (Å²) in [6.07, 6.45) is 2.88. The van der Waals surface area contributed by atoms with Crippen molar-refractivity contribution in [1.29, 1.82) is 0 Å². The number of nitrogens with zero attached hydrogens (tertiary/aromatic N) is 4. The van der Waals surface area contributed by atoms with Crippen LogP contribution in [0, 0.1) is 0 Å². The SMILES string of the molecule is Nc1ncnc2c1ncn2C1COCCO1. The minimum absolute atomic E-state index is 0.187. The molecule has 0 saturated carbocycles. The van der Waals surface area contributed by atoms with Crippen molar-refractivity contribution in [3.63, 3.8) is 0 Å². The van der Waals surface area contributed by atoms with Crippen LogP contribution >= 0.6 is 0 Å². The van der Waals surface area contributed by atoms with Crippen molar-refractivity contribution in [2.24, 2.45) is 0 Å². The Kier molecular flexibility index (Phi) is 2.19. The number of ether oxygens (including phenoxy) is 2. The van der Waals surface area contributed by atoms with Crippen LogP contribution in [0.1, 0.15) is 6.23 Å². The van der Waals surface area contributed by atoms with Gasteiger partial charge in [-0.2, -0.15) is 0 Å². The highest BCUT2D eigenvalue weighted by Crippen LogP contribution is 2.21. The first kappa shape index (κ1) is 9.49. The molecule has 0 amide bonds. The van der Waals surface area contributed by atoms with Crippen molar-refractivity contribution in [3.05, 3.63) is 12.7 Å². The normalized spacial score (nSPS) is 21.4. The summed E-state index contributed by atoms with van der Waals surface area (Å²) in [7, 11) is 0. The van der Waals surface area contributed by atoms with Gasteiger partial charge in [0.2, 0.25) is 0 Å². The molecule has 1 aliphatic rings. The zero-order valence-corrected chi connectivity index (χ0v) is 8.54. The molecule has 0 bridgehead atoms. The number of rotatable bonds is 1. The number of fused-ring (bicyclic) bond motifs is 1. The monoisotopic (exact) mass is 221 g/mol. The van der Waals surface area contributed by atoms with Crippen LogP contribution in [0.15, 0.2) is 12.7 Å². The van der Waals surface area contributed by atoms with Gasteiger partial charge >= 0.3 is 0 Å². The van der Waals surface area contributed by atoms with Gasteiger partial charge in [-0.25, -0.2) is 15.0 Å². The van der Waals surface area contributed by atoms with E-state index in [2.05, 4.69) is 15.0 Å². The smallest absolute Gasteiger partial charge is 0.167 e. The molecule has 3 heterocycles. The fraction of sp³-hybridized carbons (Fsp3) is 0.444. The molecular formula is C9H11N5O2. The van der Waals surface area contributed by atoms with Gasteiger partial charge in [-0.3, -0.25) is 4.57 Å². The lowest BCUT2D eigenvalue weighted by Gasteiger charge is -2.23. The Morgan fingerprint density at radius 2 is 2.25 bits per heavy atom. The van der Waals surface area contributed by atoms with E-state index in [4.69, 9.17) is 15.2 Å². The Labute approximate surface area is 91.2 Å². The van der Waals surface area contributed by atoms with Crippen LogP contribution in [0.3, 0.4) is 0 Å². The van der Waals surface area contributed by atoms with Crippen molar-refractivity contribution in [2.45, 2.75) is 6.23 Å². The van der Waals surface area contributed by atoms with E-state index in [1.807, 2.05) is 4.57 Å². The molecular weight excluding hydrogens is 210 g/mol. The lowest BCUT2D eigenvalue weighted by atomic mass is 10.4. The molecule has 7 nitrogen and oxygen atoms in total. The number of nitrogens with two attached hydrogens (primary N) is 1. The first-order valence-corrected chi connectivity index (χ1v) is 4.98. The van der Waals surface area contributed by atoms with Crippen LogP contribution in [-0.2, 0) is 9.47 Å². The fourth-order valence-corrected chi connectivity index (χ4v) is 1.72. The first-order chi connectivity index (χ1) is 7.86. The lowest BCUT2D eigenvalue weighted by Crippen LogP contribution is -2.26. The Morgan fingerprint density at radius 3 is 3.06 bits per heavy atom. The highest BCUT2D eigenvalue weighted by molar-refractivity contribution is 5.81. The van der Waals surface area contributed by atoms with E-state index in [0.29, 0.717) is 36.8 Å². The van der Waals surface area contributed by atoms with E-state index in [1.165, 1.54) is 6.33 Å². The van der Waals surface area contributed by atoms with Crippen molar-refractivity contribution >= 4 is 17.0 Å². The Morgan fingerprint density at radius 1 is 1.31 bits per heavy atom. The highest BCUT2D eigenvalue weighted by Gasteiger charge is 2.19. The third kappa shape index (κ3) is 1.41. The second kappa shape index (κ2) is 3.69. The number of anilines is 1. The van der Waals surface area contributed by atoms with Gasteiger partial charge in [0.05, 0.1) is 26.1 Å². The van der Waals surface area contributed by atoms with Gasteiger partial charge < -0.3 is 15.2 Å². The summed E-state index contributed by atoms with van der Waals surface area (Å²) in [5, 5.41) is 0. The lowest BCUT2D eigenvalue weighted by molar-refractivity contribution is -0.121. The fourth-order valence-electron chi connectivity index (χ4n) is 1.72. The first-order valence-electron chi connectivity index (χ1n) is 4.98. The molecule has 1 unspecified atom stereocenters. The summed E-state index contributed by atoms with van der Waals surface area (Å²) in [6.45, 7) is 1.69. The van der Waals surface area contributed by atoms with Gasteiger partial charge in [0.25, 0.3) is 0 Å². The largest absolute Gasteiger partial charge is 0.382 e. The maximum absolute atomic E-state index is 5.70. The van der Waals surface area contributed by atoms with E-state index in [-0.39, 0.29) is 6.23 Å². The maximum Gasteiger partial charge on any atom is 0.167 e. The Hall–Kier alpha value is -1.73. The number of nitrogen functional groups attached to an aromatic ring is 1. The van der Waals surface area contributed by atoms with Crippen LogP contribution in [0.2, 0.25) is 0 Å². The van der Waals surface area contributed by atoms with Gasteiger partial charge in [-0.15, -0.1) is 0 Å². The molecule has 1 fully saturated rings. The Bertz CT molecular complexity index is 506. The van der Waals surface area contributed by atoms with E-state index in [0.717, 1.165) is 0 Å². The van der Waals surface area contributed by atoms with Crippen LogP contribution in [0.4, 0.5) is 5.82 Å². The molecule has 84 valence electrons. The molecule has 2 aromatic heterocycles. The van der Waals surface area contributed by atoms with E-state index in [9.17, 15) is 0 Å². The summed E-state index contributed by atoms with van der Waals surface area (Å²) in [5.41, 5.74) is 6.96. The van der Waals surface area contributed by atoms with Crippen molar-refractivity contribution in [2.75, 3.05) is 25.6 Å². The van der Waals surface area contributed by atoms with Gasteiger partial charge in [-0.1, -0.05) is 0 Å². The molecule has 2 N–H and O–H groups in total. The second-order valence-electron chi connectivity index (χ2n) is 3.48. The second-order valence-corrected chi connectivity index (χ2v) is 3.48. The van der Waals surface area contributed by atoms with E-state index < -0.39 is 0 Å². The van der Waals surface area contributed by atoms with Crippen LogP contribution < -0.4 is 5.73 Å². The molecule has 1 saturated heterocycles. The summed E-state index contributed by atoms with van der Waals surface area (Å²) in [4.78, 5) is 12.2. The van der Waals surface area contributed by atoms with Crippen molar-refractivity contribution < 1.29 is 9.47 Å². The van der Waals surface area contributed by atoms with Gasteiger partial charge in [0, 0.05) is 0 Å². The van der Waals surface area contributed by atoms with Crippen molar-refractivity contribution in [3.8, 4) is 0 Å². The molecule has 1 atom stereocenters. The van der Waals surface area contributed by atoms with Gasteiger partial charge in [-0.05, 0) is 0 Å². The molecule has 0 aromatic carbocycles. The maximum atomic E-state index is 5.70. The van der Waals surface area contributed by atoms with Gasteiger partial charge in [0.1, 0.15) is 11.8 Å². The predicted octanol–water partition coefficient (Wildman–Crippen LogP) is -0.0461. The number of hydrogen-bond donors (Lipinski definition) is 1. The summed E-state index contributed by atoms with van der Waals surface area (Å²) in [6, 6.07) is 0. The third-order valence-corrected chi connectivity index (χ3v) is 2.50. The zero-order chi connectivity index (χ0) is 11.0. The van der Waals surface area contributed by atoms with Crippen LogP contribution in [0.25, 0.3) is 11.2 Å². The third-order valence-electron chi connectivity index (χ3n) is 2.50. The molecule has 0 aliphatic carbocycles. The molecule has 0 radical (unpaired) electrons. The molecule has 1 aliphatic heterocycles. The number of aromatic nitrogens is 4. The molecule has 16 heavy (non-hydrogen) atoms. The molecule has 2 aromatic rings.